The van der Waals surface area contributed by atoms with Crippen molar-refractivity contribution in [3.05, 3.63) is 47.5 Å². The summed E-state index contributed by atoms with van der Waals surface area (Å²) in [6.45, 7) is 4.93. The van der Waals surface area contributed by atoms with E-state index in [1.54, 1.807) is 0 Å². The second-order valence-electron chi connectivity index (χ2n) is 4.89. The van der Waals surface area contributed by atoms with Crippen LogP contribution in [0.4, 0.5) is 0 Å². The summed E-state index contributed by atoms with van der Waals surface area (Å²) in [5.41, 5.74) is 1.13. The molecule has 0 radical (unpaired) electrons. The van der Waals surface area contributed by atoms with Crippen molar-refractivity contribution in [2.75, 3.05) is 0 Å². The molecule has 0 N–H and O–H groups in total. The van der Waals surface area contributed by atoms with Crippen molar-refractivity contribution in [2.24, 2.45) is 0 Å². The molecule has 1 amide bonds. The molecule has 0 bridgehead atoms. The Balaban J connectivity index is 1.88. The number of rotatable bonds is 2. The fourth-order valence-electron chi connectivity index (χ4n) is 2.59. The van der Waals surface area contributed by atoms with Crippen LogP contribution in [-0.2, 0) is 17.9 Å². The number of benzene rings is 1. The van der Waals surface area contributed by atoms with Crippen molar-refractivity contribution in [2.45, 2.75) is 33.0 Å². The first kappa shape index (κ1) is 11.9. The molecule has 19 heavy (non-hydrogen) atoms. The van der Waals surface area contributed by atoms with E-state index in [-0.39, 0.29) is 11.9 Å². The fraction of sp³-hybridized carbons (Fsp3) is 0.357. The van der Waals surface area contributed by atoms with Crippen LogP contribution < -0.4 is 0 Å². The van der Waals surface area contributed by atoms with E-state index in [0.29, 0.717) is 13.1 Å². The number of nitrogens with zero attached hydrogens (tertiary/aromatic N) is 4. The van der Waals surface area contributed by atoms with Crippen LogP contribution in [0.3, 0.4) is 0 Å². The van der Waals surface area contributed by atoms with Gasteiger partial charge in [-0.15, -0.1) is 10.2 Å². The van der Waals surface area contributed by atoms with Crippen LogP contribution in [0.25, 0.3) is 0 Å². The maximum atomic E-state index is 12.4. The largest absolute Gasteiger partial charge is 0.329 e. The second-order valence-corrected chi connectivity index (χ2v) is 4.89. The van der Waals surface area contributed by atoms with Gasteiger partial charge in [0.05, 0.1) is 6.54 Å². The van der Waals surface area contributed by atoms with Gasteiger partial charge >= 0.3 is 0 Å². The van der Waals surface area contributed by atoms with Crippen LogP contribution in [0.15, 0.2) is 30.3 Å². The highest BCUT2D eigenvalue weighted by Crippen LogP contribution is 2.23. The summed E-state index contributed by atoms with van der Waals surface area (Å²) < 4.78 is 1.92. The molecule has 0 fully saturated rings. The van der Waals surface area contributed by atoms with Gasteiger partial charge in [-0.1, -0.05) is 30.3 Å². The summed E-state index contributed by atoms with van der Waals surface area (Å²) in [6.07, 6.45) is 0. The average Bonchev–Trinajstić information content (AvgIpc) is 2.78. The van der Waals surface area contributed by atoms with Crippen molar-refractivity contribution in [1.82, 2.24) is 19.7 Å². The summed E-state index contributed by atoms with van der Waals surface area (Å²) >= 11 is 0. The topological polar surface area (TPSA) is 51.0 Å². The van der Waals surface area contributed by atoms with Gasteiger partial charge in [0.25, 0.3) is 0 Å². The van der Waals surface area contributed by atoms with Crippen molar-refractivity contribution < 1.29 is 4.79 Å². The fourth-order valence-corrected chi connectivity index (χ4v) is 2.59. The van der Waals surface area contributed by atoms with Gasteiger partial charge in [-0.2, -0.15) is 0 Å². The molecular formula is C14H16N4O. The number of carbonyl (C=O) groups is 1. The number of hydrogen-bond donors (Lipinski definition) is 0. The molecule has 1 atom stereocenters. The van der Waals surface area contributed by atoms with Crippen LogP contribution in [0, 0.1) is 6.92 Å². The molecule has 3 rings (SSSR count). The lowest BCUT2D eigenvalue weighted by molar-refractivity contribution is -0.137. The van der Waals surface area contributed by atoms with Gasteiger partial charge in [0.1, 0.15) is 11.9 Å². The first-order chi connectivity index (χ1) is 9.16. The lowest BCUT2D eigenvalue weighted by atomic mass is 10.1. The number of aromatic nitrogens is 3. The quantitative estimate of drug-likeness (QED) is 0.821. The first-order valence-electron chi connectivity index (χ1n) is 6.40. The van der Waals surface area contributed by atoms with Crippen molar-refractivity contribution in [1.29, 1.82) is 0 Å². The standard InChI is InChI=1S/C14H16N4O/c1-10-14(19)17(8-12-6-4-3-5-7-12)9-13-16-15-11(2)18(10)13/h3-7,10H,8-9H2,1-2H3/t10-/m0/s1. The summed E-state index contributed by atoms with van der Waals surface area (Å²) in [7, 11) is 0. The number of amides is 1. The zero-order valence-electron chi connectivity index (χ0n) is 11.1. The van der Waals surface area contributed by atoms with Crippen molar-refractivity contribution in [3.8, 4) is 0 Å². The smallest absolute Gasteiger partial charge is 0.246 e. The second kappa shape index (κ2) is 4.50. The van der Waals surface area contributed by atoms with E-state index in [2.05, 4.69) is 10.2 Å². The van der Waals surface area contributed by atoms with E-state index in [0.717, 1.165) is 17.2 Å². The highest BCUT2D eigenvalue weighted by molar-refractivity contribution is 5.81. The van der Waals surface area contributed by atoms with E-state index in [1.165, 1.54) is 0 Å². The number of aryl methyl sites for hydroxylation is 1. The van der Waals surface area contributed by atoms with Crippen LogP contribution in [-0.4, -0.2) is 25.6 Å². The molecule has 5 nitrogen and oxygen atoms in total. The summed E-state index contributed by atoms with van der Waals surface area (Å²) in [5.74, 6) is 1.79. The summed E-state index contributed by atoms with van der Waals surface area (Å²) in [6, 6.07) is 9.79. The van der Waals surface area contributed by atoms with E-state index in [4.69, 9.17) is 0 Å². The Morgan fingerprint density at radius 1 is 1.26 bits per heavy atom. The maximum absolute atomic E-state index is 12.4. The predicted octanol–water partition coefficient (Wildman–Crippen LogP) is 1.69. The molecule has 98 valence electrons. The molecule has 0 saturated carbocycles. The van der Waals surface area contributed by atoms with Gasteiger partial charge in [-0.25, -0.2) is 0 Å². The SMILES string of the molecule is Cc1nnc2n1[C@@H](C)C(=O)N(Cc1ccccc1)C2. The maximum Gasteiger partial charge on any atom is 0.246 e. The zero-order chi connectivity index (χ0) is 13.4. The van der Waals surface area contributed by atoms with E-state index < -0.39 is 0 Å². The Hall–Kier alpha value is -2.17. The third-order valence-electron chi connectivity index (χ3n) is 3.54. The molecular weight excluding hydrogens is 240 g/mol. The normalized spacial score (nSPS) is 18.5. The van der Waals surface area contributed by atoms with E-state index in [9.17, 15) is 4.79 Å². The van der Waals surface area contributed by atoms with Gasteiger partial charge in [0.15, 0.2) is 5.82 Å². The third-order valence-corrected chi connectivity index (χ3v) is 3.54. The van der Waals surface area contributed by atoms with Gasteiger partial charge in [-0.3, -0.25) is 4.79 Å². The Kier molecular flexibility index (Phi) is 2.81. The molecule has 1 aliphatic heterocycles. The third kappa shape index (κ3) is 2.01. The highest BCUT2D eigenvalue weighted by atomic mass is 16.2. The van der Waals surface area contributed by atoms with Gasteiger partial charge in [-0.05, 0) is 19.4 Å². The zero-order valence-corrected chi connectivity index (χ0v) is 11.1. The number of carbonyl (C=O) groups excluding carboxylic acids is 1. The summed E-state index contributed by atoms with van der Waals surface area (Å²) in [4.78, 5) is 14.2. The van der Waals surface area contributed by atoms with Gasteiger partial charge < -0.3 is 9.47 Å². The van der Waals surface area contributed by atoms with Crippen LogP contribution in [0.1, 0.15) is 30.2 Å². The Labute approximate surface area is 111 Å². The van der Waals surface area contributed by atoms with Crippen LogP contribution in [0.5, 0.6) is 0 Å². The molecule has 0 spiro atoms. The summed E-state index contributed by atoms with van der Waals surface area (Å²) in [5, 5.41) is 8.21. The molecule has 0 aliphatic carbocycles. The van der Waals surface area contributed by atoms with Gasteiger partial charge in [0.2, 0.25) is 5.91 Å². The number of hydrogen-bond acceptors (Lipinski definition) is 3. The molecule has 2 aromatic rings. The Bertz CT molecular complexity index is 605. The Morgan fingerprint density at radius 3 is 2.74 bits per heavy atom. The Morgan fingerprint density at radius 2 is 2.00 bits per heavy atom. The van der Waals surface area contributed by atoms with E-state index >= 15 is 0 Å². The highest BCUT2D eigenvalue weighted by Gasteiger charge is 2.31. The molecule has 0 unspecified atom stereocenters. The van der Waals surface area contributed by atoms with Crippen LogP contribution in [0.2, 0.25) is 0 Å². The van der Waals surface area contributed by atoms with Crippen LogP contribution >= 0.6 is 0 Å². The number of fused-ring (bicyclic) bond motifs is 1. The minimum atomic E-state index is -0.220. The monoisotopic (exact) mass is 256 g/mol. The van der Waals surface area contributed by atoms with Gasteiger partial charge in [0, 0.05) is 6.54 Å². The van der Waals surface area contributed by atoms with E-state index in [1.807, 2.05) is 53.6 Å². The first-order valence-corrected chi connectivity index (χ1v) is 6.40. The molecule has 1 aliphatic rings. The average molecular weight is 256 g/mol. The molecule has 0 saturated heterocycles. The minimum Gasteiger partial charge on any atom is -0.329 e. The van der Waals surface area contributed by atoms with Crippen molar-refractivity contribution in [3.63, 3.8) is 0 Å². The van der Waals surface area contributed by atoms with Crippen molar-refractivity contribution >= 4 is 5.91 Å². The molecule has 2 heterocycles. The predicted molar refractivity (Wildman–Crippen MR) is 70.2 cm³/mol. The minimum absolute atomic E-state index is 0.124. The molecule has 1 aromatic heterocycles. The lowest BCUT2D eigenvalue weighted by Gasteiger charge is -2.31. The lowest BCUT2D eigenvalue weighted by Crippen LogP contribution is -2.41. The molecule has 1 aromatic carbocycles. The molecule has 5 heteroatoms.